The second-order valence-corrected chi connectivity index (χ2v) is 7.63. The van der Waals surface area contributed by atoms with Crippen molar-refractivity contribution in [3.63, 3.8) is 0 Å². The Labute approximate surface area is 140 Å². The molecular weight excluding hydrogens is 288 g/mol. The lowest BCUT2D eigenvalue weighted by molar-refractivity contribution is 0.0488. The van der Waals surface area contributed by atoms with Crippen molar-refractivity contribution in [1.82, 2.24) is 10.2 Å². The van der Waals surface area contributed by atoms with Crippen LogP contribution in [0.3, 0.4) is 0 Å². The van der Waals surface area contributed by atoms with Gasteiger partial charge in [-0.25, -0.2) is 4.79 Å². The largest absolute Gasteiger partial charge is 0.444 e. The third-order valence-corrected chi connectivity index (χ3v) is 4.35. The van der Waals surface area contributed by atoms with Gasteiger partial charge in [0.05, 0.1) is 0 Å². The highest BCUT2D eigenvalue weighted by atomic mass is 16.6. The number of hydrogen-bond donors (Lipinski definition) is 1. The van der Waals surface area contributed by atoms with Crippen LogP contribution in [0, 0.1) is 11.8 Å². The van der Waals surface area contributed by atoms with Gasteiger partial charge >= 0.3 is 6.09 Å². The summed E-state index contributed by atoms with van der Waals surface area (Å²) < 4.78 is 5.32. The van der Waals surface area contributed by atoms with Crippen molar-refractivity contribution < 1.29 is 9.53 Å². The van der Waals surface area contributed by atoms with Crippen LogP contribution >= 0.6 is 0 Å². The van der Waals surface area contributed by atoms with Gasteiger partial charge in [-0.15, -0.1) is 0 Å². The van der Waals surface area contributed by atoms with E-state index in [0.29, 0.717) is 18.4 Å². The van der Waals surface area contributed by atoms with E-state index in [0.717, 1.165) is 19.6 Å². The van der Waals surface area contributed by atoms with Crippen LogP contribution in [0.15, 0.2) is 30.3 Å². The molecule has 1 fully saturated rings. The summed E-state index contributed by atoms with van der Waals surface area (Å²) >= 11 is 0. The lowest BCUT2D eigenvalue weighted by Crippen LogP contribution is -2.45. The van der Waals surface area contributed by atoms with Gasteiger partial charge in [0.25, 0.3) is 0 Å². The van der Waals surface area contributed by atoms with Crippen LogP contribution in [0.2, 0.25) is 0 Å². The molecule has 23 heavy (non-hydrogen) atoms. The molecule has 4 heteroatoms. The van der Waals surface area contributed by atoms with Crippen molar-refractivity contribution in [3.8, 4) is 0 Å². The first-order valence-corrected chi connectivity index (χ1v) is 8.56. The van der Waals surface area contributed by atoms with Gasteiger partial charge in [-0.05, 0) is 51.1 Å². The Morgan fingerprint density at radius 2 is 2.00 bits per heavy atom. The summed E-state index contributed by atoms with van der Waals surface area (Å²) in [5.41, 5.74) is 0.905. The maximum Gasteiger partial charge on any atom is 0.407 e. The molecule has 0 radical (unpaired) electrons. The van der Waals surface area contributed by atoms with Crippen LogP contribution in [-0.2, 0) is 11.3 Å². The molecule has 1 saturated heterocycles. The number of carbonyl (C=O) groups is 1. The Kier molecular flexibility index (Phi) is 6.05. The smallest absolute Gasteiger partial charge is 0.407 e. The minimum atomic E-state index is -0.443. The summed E-state index contributed by atoms with van der Waals surface area (Å²) in [4.78, 5) is 14.3. The molecule has 0 saturated carbocycles. The van der Waals surface area contributed by atoms with E-state index in [2.05, 4.69) is 47.5 Å². The molecule has 4 nitrogen and oxygen atoms in total. The quantitative estimate of drug-likeness (QED) is 0.921. The summed E-state index contributed by atoms with van der Waals surface area (Å²) in [5.74, 6) is 1.09. The molecule has 1 aromatic rings. The minimum Gasteiger partial charge on any atom is -0.444 e. The first kappa shape index (κ1) is 17.8. The highest BCUT2D eigenvalue weighted by Gasteiger charge is 2.27. The minimum absolute atomic E-state index is 0.315. The zero-order valence-electron chi connectivity index (χ0n) is 14.8. The Hall–Kier alpha value is -1.55. The molecule has 1 aliphatic rings. The molecule has 0 spiro atoms. The normalized spacial score (nSPS) is 22.6. The predicted molar refractivity (Wildman–Crippen MR) is 93.2 cm³/mol. The number of nitrogens with one attached hydrogen (secondary N) is 1. The monoisotopic (exact) mass is 318 g/mol. The van der Waals surface area contributed by atoms with E-state index in [1.165, 1.54) is 12.0 Å². The molecule has 1 N–H and O–H groups in total. The standard InChI is InChI=1S/C19H30N2O2/c1-15-10-11-21(13-16-8-6-5-7-9-16)14-17(15)12-20-18(22)23-19(2,3)4/h5-9,15,17H,10-14H2,1-4H3,(H,20,22). The summed E-state index contributed by atoms with van der Waals surface area (Å²) in [6.07, 6.45) is 0.859. The third kappa shape index (κ3) is 6.22. The third-order valence-electron chi connectivity index (χ3n) is 4.35. The maximum absolute atomic E-state index is 11.8. The SMILES string of the molecule is CC1CCN(Cc2ccccc2)CC1CNC(=O)OC(C)(C)C. The van der Waals surface area contributed by atoms with Crippen LogP contribution < -0.4 is 5.32 Å². The van der Waals surface area contributed by atoms with E-state index in [4.69, 9.17) is 4.74 Å². The van der Waals surface area contributed by atoms with Gasteiger partial charge in [-0.1, -0.05) is 37.3 Å². The molecule has 2 rings (SSSR count). The van der Waals surface area contributed by atoms with Gasteiger partial charge in [0.2, 0.25) is 0 Å². The fraction of sp³-hybridized carbons (Fsp3) is 0.632. The van der Waals surface area contributed by atoms with Gasteiger partial charge in [-0.3, -0.25) is 4.90 Å². The van der Waals surface area contributed by atoms with Crippen molar-refractivity contribution in [2.75, 3.05) is 19.6 Å². The van der Waals surface area contributed by atoms with Gasteiger partial charge in [0, 0.05) is 19.6 Å². The first-order valence-electron chi connectivity index (χ1n) is 8.56. The summed E-state index contributed by atoms with van der Waals surface area (Å²) in [6.45, 7) is 11.7. The zero-order valence-corrected chi connectivity index (χ0v) is 14.8. The van der Waals surface area contributed by atoms with Gasteiger partial charge in [-0.2, -0.15) is 0 Å². The summed E-state index contributed by atoms with van der Waals surface area (Å²) in [7, 11) is 0. The van der Waals surface area contributed by atoms with Crippen molar-refractivity contribution in [1.29, 1.82) is 0 Å². The van der Waals surface area contributed by atoms with E-state index in [-0.39, 0.29) is 6.09 Å². The molecule has 0 aliphatic carbocycles. The van der Waals surface area contributed by atoms with E-state index in [9.17, 15) is 4.79 Å². The lowest BCUT2D eigenvalue weighted by atomic mass is 9.87. The average Bonchev–Trinajstić information content (AvgIpc) is 2.47. The summed E-state index contributed by atoms with van der Waals surface area (Å²) in [5, 5.41) is 2.94. The van der Waals surface area contributed by atoms with E-state index in [1.54, 1.807) is 0 Å². The highest BCUT2D eigenvalue weighted by Crippen LogP contribution is 2.24. The van der Waals surface area contributed by atoms with Crippen LogP contribution in [0.4, 0.5) is 4.79 Å². The fourth-order valence-electron chi connectivity index (χ4n) is 3.00. The number of carbonyl (C=O) groups excluding carboxylic acids is 1. The van der Waals surface area contributed by atoms with Crippen molar-refractivity contribution in [3.05, 3.63) is 35.9 Å². The molecule has 128 valence electrons. The number of ether oxygens (including phenoxy) is 1. The number of benzene rings is 1. The van der Waals surface area contributed by atoms with E-state index >= 15 is 0 Å². The molecule has 1 heterocycles. The maximum atomic E-state index is 11.8. The highest BCUT2D eigenvalue weighted by molar-refractivity contribution is 5.67. The van der Waals surface area contributed by atoms with Crippen LogP contribution in [0.5, 0.6) is 0 Å². The Morgan fingerprint density at radius 1 is 1.30 bits per heavy atom. The molecule has 0 aromatic heterocycles. The number of alkyl carbamates (subject to hydrolysis) is 1. The van der Waals surface area contributed by atoms with E-state index < -0.39 is 5.60 Å². The fourth-order valence-corrected chi connectivity index (χ4v) is 3.00. The Balaban J connectivity index is 1.82. The van der Waals surface area contributed by atoms with Crippen LogP contribution in [0.1, 0.15) is 39.7 Å². The number of likely N-dealkylation sites (tertiary alicyclic amines) is 1. The summed E-state index contributed by atoms with van der Waals surface area (Å²) in [6, 6.07) is 10.6. The molecule has 2 unspecified atom stereocenters. The lowest BCUT2D eigenvalue weighted by Gasteiger charge is -2.37. The number of nitrogens with zero attached hydrogens (tertiary/aromatic N) is 1. The van der Waals surface area contributed by atoms with Crippen LogP contribution in [-0.4, -0.2) is 36.2 Å². The molecular formula is C19H30N2O2. The Bertz CT molecular complexity index is 496. The molecule has 1 aliphatic heterocycles. The van der Waals surface area contributed by atoms with Crippen LogP contribution in [0.25, 0.3) is 0 Å². The number of amides is 1. The van der Waals surface area contributed by atoms with Gasteiger partial charge in [0.1, 0.15) is 5.60 Å². The van der Waals surface area contributed by atoms with Gasteiger partial charge < -0.3 is 10.1 Å². The second kappa shape index (κ2) is 7.82. The van der Waals surface area contributed by atoms with Gasteiger partial charge in [0.15, 0.2) is 0 Å². The molecule has 1 aromatic carbocycles. The first-order chi connectivity index (χ1) is 10.8. The Morgan fingerprint density at radius 3 is 2.65 bits per heavy atom. The number of piperidine rings is 1. The zero-order chi connectivity index (χ0) is 16.9. The number of hydrogen-bond acceptors (Lipinski definition) is 3. The van der Waals surface area contributed by atoms with Crippen molar-refractivity contribution in [2.45, 2.75) is 46.3 Å². The second-order valence-electron chi connectivity index (χ2n) is 7.63. The average molecular weight is 318 g/mol. The molecule has 2 atom stereocenters. The van der Waals surface area contributed by atoms with Crippen molar-refractivity contribution >= 4 is 6.09 Å². The van der Waals surface area contributed by atoms with E-state index in [1.807, 2.05) is 20.8 Å². The number of rotatable bonds is 4. The molecule has 0 bridgehead atoms. The topological polar surface area (TPSA) is 41.6 Å². The van der Waals surface area contributed by atoms with Crippen molar-refractivity contribution in [2.24, 2.45) is 11.8 Å². The molecule has 1 amide bonds. The predicted octanol–water partition coefficient (Wildman–Crippen LogP) is 3.67.